The van der Waals surface area contributed by atoms with Gasteiger partial charge in [0.1, 0.15) is 0 Å². The number of halogens is 1. The van der Waals surface area contributed by atoms with E-state index in [-0.39, 0.29) is 11.7 Å². The van der Waals surface area contributed by atoms with Gasteiger partial charge < -0.3 is 9.84 Å². The lowest BCUT2D eigenvalue weighted by Crippen LogP contribution is -2.28. The molecule has 1 N–H and O–H groups in total. The number of carbonyl (C=O) groups excluding carboxylic acids is 1. The molecule has 0 unspecified atom stereocenters. The van der Waals surface area contributed by atoms with Gasteiger partial charge in [0.15, 0.2) is 16.7 Å². The predicted octanol–water partition coefficient (Wildman–Crippen LogP) is 7.60. The van der Waals surface area contributed by atoms with Crippen molar-refractivity contribution in [1.29, 1.82) is 0 Å². The molecule has 3 aromatic rings. The molecule has 180 valence electrons. The van der Waals surface area contributed by atoms with E-state index in [4.69, 9.17) is 9.73 Å². The highest BCUT2D eigenvalue weighted by atomic mass is 79.9. The molecule has 1 aliphatic heterocycles. The molecule has 0 atom stereocenters. The van der Waals surface area contributed by atoms with E-state index in [0.717, 1.165) is 33.6 Å². The number of amidine groups is 1. The first-order valence-corrected chi connectivity index (χ1v) is 12.9. The summed E-state index contributed by atoms with van der Waals surface area (Å²) in [4.78, 5) is 20.7. The number of anilines is 1. The number of rotatable bonds is 5. The first-order valence-electron chi connectivity index (χ1n) is 11.3. The van der Waals surface area contributed by atoms with E-state index in [1.54, 1.807) is 23.1 Å². The summed E-state index contributed by atoms with van der Waals surface area (Å²) in [6.45, 7) is 10.5. The van der Waals surface area contributed by atoms with Crippen LogP contribution in [-0.2, 0) is 4.79 Å². The number of nitrogens with zero attached hydrogens (tertiary/aromatic N) is 2. The summed E-state index contributed by atoms with van der Waals surface area (Å²) in [5.41, 5.74) is 6.91. The van der Waals surface area contributed by atoms with Crippen LogP contribution in [0.2, 0.25) is 0 Å². The topological polar surface area (TPSA) is 62.1 Å². The molecular weight excluding hydrogens is 524 g/mol. The van der Waals surface area contributed by atoms with Gasteiger partial charge in [-0.15, -0.1) is 0 Å². The monoisotopic (exact) mass is 550 g/mol. The third kappa shape index (κ3) is 5.31. The van der Waals surface area contributed by atoms with Gasteiger partial charge in [-0.1, -0.05) is 12.1 Å². The van der Waals surface area contributed by atoms with E-state index < -0.39 is 0 Å². The zero-order valence-corrected chi connectivity index (χ0v) is 22.8. The van der Waals surface area contributed by atoms with Crippen molar-refractivity contribution in [3.63, 3.8) is 0 Å². The maximum Gasteiger partial charge on any atom is 0.271 e. The van der Waals surface area contributed by atoms with Crippen LogP contribution in [0.15, 0.2) is 62.9 Å². The van der Waals surface area contributed by atoms with E-state index in [1.165, 1.54) is 17.3 Å². The summed E-state index contributed by atoms with van der Waals surface area (Å²) in [6, 6.07) is 15.5. The summed E-state index contributed by atoms with van der Waals surface area (Å²) in [5.74, 6) is 0.246. The highest BCUT2D eigenvalue weighted by Gasteiger charge is 2.35. The van der Waals surface area contributed by atoms with Crippen LogP contribution in [-0.4, -0.2) is 22.8 Å². The fourth-order valence-corrected chi connectivity index (χ4v) is 5.10. The number of phenols is 1. The summed E-state index contributed by atoms with van der Waals surface area (Å²) in [7, 11) is 0. The number of benzene rings is 3. The molecule has 3 aromatic carbocycles. The van der Waals surface area contributed by atoms with Crippen molar-refractivity contribution in [2.45, 2.75) is 34.6 Å². The van der Waals surface area contributed by atoms with Crippen LogP contribution in [0.4, 0.5) is 11.4 Å². The van der Waals surface area contributed by atoms with Crippen LogP contribution in [0, 0.1) is 27.7 Å². The maximum atomic E-state index is 13.7. The molecule has 7 heteroatoms. The lowest BCUT2D eigenvalue weighted by atomic mass is 10.1. The average Bonchev–Trinajstić information content (AvgIpc) is 3.10. The van der Waals surface area contributed by atoms with E-state index in [2.05, 4.69) is 29.8 Å². The Balaban J connectivity index is 1.81. The van der Waals surface area contributed by atoms with Crippen LogP contribution in [0.5, 0.6) is 11.5 Å². The second-order valence-electron chi connectivity index (χ2n) is 8.47. The Morgan fingerprint density at radius 2 is 1.69 bits per heavy atom. The molecule has 0 radical (unpaired) electrons. The molecule has 0 saturated carbocycles. The Kier molecular flexibility index (Phi) is 7.38. The zero-order valence-electron chi connectivity index (χ0n) is 20.3. The van der Waals surface area contributed by atoms with Crippen LogP contribution < -0.4 is 9.64 Å². The van der Waals surface area contributed by atoms with Crippen LogP contribution in [0.3, 0.4) is 0 Å². The summed E-state index contributed by atoms with van der Waals surface area (Å²) in [6.07, 6.45) is 1.80. The normalized spacial score (nSPS) is 15.9. The lowest BCUT2D eigenvalue weighted by molar-refractivity contribution is -0.113. The van der Waals surface area contributed by atoms with Crippen molar-refractivity contribution >= 4 is 56.2 Å². The fourth-order valence-electron chi connectivity index (χ4n) is 3.64. The number of phenolic OH excluding ortho intramolecular Hbond substituents is 1. The van der Waals surface area contributed by atoms with Crippen molar-refractivity contribution in [1.82, 2.24) is 0 Å². The van der Waals surface area contributed by atoms with E-state index in [9.17, 15) is 9.90 Å². The minimum absolute atomic E-state index is 0.0353. The molecular formula is C28H27BrN2O3S. The van der Waals surface area contributed by atoms with E-state index in [1.807, 2.05) is 57.2 Å². The number of hydrogen-bond donors (Lipinski definition) is 1. The number of ether oxygens (including phenoxy) is 1. The first kappa shape index (κ1) is 25.1. The fraction of sp³-hybridized carbons (Fsp3) is 0.214. The molecule has 0 bridgehead atoms. The number of amides is 1. The number of aliphatic imine (C=N–C) groups is 1. The Bertz CT molecular complexity index is 1380. The van der Waals surface area contributed by atoms with Crippen LogP contribution >= 0.6 is 27.7 Å². The number of aryl methyl sites for hydroxylation is 4. The van der Waals surface area contributed by atoms with E-state index >= 15 is 0 Å². The average molecular weight is 552 g/mol. The Labute approximate surface area is 218 Å². The molecule has 1 fully saturated rings. The molecule has 0 aromatic heterocycles. The van der Waals surface area contributed by atoms with Gasteiger partial charge in [-0.25, -0.2) is 4.99 Å². The van der Waals surface area contributed by atoms with E-state index in [0.29, 0.717) is 26.9 Å². The number of aromatic hydroxyl groups is 1. The maximum absolute atomic E-state index is 13.7. The van der Waals surface area contributed by atoms with Crippen molar-refractivity contribution in [2.24, 2.45) is 4.99 Å². The molecule has 1 heterocycles. The van der Waals surface area contributed by atoms with Gasteiger partial charge >= 0.3 is 0 Å². The van der Waals surface area contributed by atoms with Gasteiger partial charge in [-0.2, -0.15) is 0 Å². The highest BCUT2D eigenvalue weighted by molar-refractivity contribution is 9.10. The quantitative estimate of drug-likeness (QED) is 0.332. The molecule has 4 rings (SSSR count). The van der Waals surface area contributed by atoms with Gasteiger partial charge in [-0.05, 0) is 133 Å². The molecule has 1 saturated heterocycles. The predicted molar refractivity (Wildman–Crippen MR) is 149 cm³/mol. The molecule has 1 aliphatic rings. The van der Waals surface area contributed by atoms with Crippen molar-refractivity contribution in [2.75, 3.05) is 11.5 Å². The summed E-state index contributed by atoms with van der Waals surface area (Å²) in [5, 5.41) is 10.9. The number of carbonyl (C=O) groups is 1. The third-order valence-corrected chi connectivity index (χ3v) is 7.49. The van der Waals surface area contributed by atoms with Crippen molar-refractivity contribution in [3.8, 4) is 11.5 Å². The van der Waals surface area contributed by atoms with Crippen LogP contribution in [0.1, 0.15) is 34.7 Å². The number of thioether (sulfide) groups is 1. The number of hydrogen-bond acceptors (Lipinski definition) is 5. The summed E-state index contributed by atoms with van der Waals surface area (Å²) >= 11 is 4.71. The minimum atomic E-state index is -0.150. The SMILES string of the molecule is CCOc1cc(C=C2SC(=Nc3ccc(C)c(C)c3)N(c3ccc(C)c(C)c3)C2=O)cc(Br)c1O. The molecule has 0 spiro atoms. The van der Waals surface area contributed by atoms with Gasteiger partial charge in [0.25, 0.3) is 5.91 Å². The summed E-state index contributed by atoms with van der Waals surface area (Å²) < 4.78 is 6.05. The van der Waals surface area contributed by atoms with Crippen molar-refractivity contribution in [3.05, 3.63) is 85.7 Å². The highest BCUT2D eigenvalue weighted by Crippen LogP contribution is 2.40. The Hall–Kier alpha value is -3.03. The molecule has 5 nitrogen and oxygen atoms in total. The van der Waals surface area contributed by atoms with Crippen LogP contribution in [0.25, 0.3) is 6.08 Å². The minimum Gasteiger partial charge on any atom is -0.503 e. The smallest absolute Gasteiger partial charge is 0.271 e. The third-order valence-electron chi connectivity index (χ3n) is 5.92. The lowest BCUT2D eigenvalue weighted by Gasteiger charge is -2.17. The standard InChI is InChI=1S/C28H27BrN2O3S/c1-6-34-24-14-20(13-23(29)26(24)32)15-25-27(33)31(22-10-8-17(3)19(5)12-22)28(35-25)30-21-9-7-16(2)18(4)11-21/h7-15,32H,6H2,1-5H3. The van der Waals surface area contributed by atoms with Crippen molar-refractivity contribution < 1.29 is 14.6 Å². The second-order valence-corrected chi connectivity index (χ2v) is 10.3. The van der Waals surface area contributed by atoms with Gasteiger partial charge in [-0.3, -0.25) is 9.69 Å². The Morgan fingerprint density at radius 1 is 1.00 bits per heavy atom. The molecule has 1 amide bonds. The zero-order chi connectivity index (χ0) is 25.3. The second kappa shape index (κ2) is 10.3. The van der Waals surface area contributed by atoms with Gasteiger partial charge in [0, 0.05) is 0 Å². The molecule has 0 aliphatic carbocycles. The Morgan fingerprint density at radius 3 is 2.34 bits per heavy atom. The van der Waals surface area contributed by atoms with Gasteiger partial charge in [0.05, 0.1) is 27.4 Å². The first-order chi connectivity index (χ1) is 16.7. The molecule has 35 heavy (non-hydrogen) atoms. The largest absolute Gasteiger partial charge is 0.503 e. The van der Waals surface area contributed by atoms with Gasteiger partial charge in [0.2, 0.25) is 0 Å².